The fraction of sp³-hybridized carbons (Fsp3) is 0.583. The van der Waals surface area contributed by atoms with E-state index < -0.39 is 0 Å². The molecule has 1 aromatic rings. The molecule has 0 spiro atoms. The summed E-state index contributed by atoms with van der Waals surface area (Å²) >= 11 is 0. The van der Waals surface area contributed by atoms with E-state index in [9.17, 15) is 4.79 Å². The van der Waals surface area contributed by atoms with E-state index in [4.69, 9.17) is 9.47 Å². The number of aromatic nitrogens is 2. The number of ether oxygens (including phenoxy) is 2. The van der Waals surface area contributed by atoms with Gasteiger partial charge in [-0.25, -0.2) is 14.8 Å². The van der Waals surface area contributed by atoms with Crippen molar-refractivity contribution in [2.75, 3.05) is 13.7 Å². The van der Waals surface area contributed by atoms with Crippen LogP contribution < -0.4 is 0 Å². The number of carbonyl (C=O) groups excluding carboxylic acids is 1. The number of aryl methyl sites for hydroxylation is 2. The van der Waals surface area contributed by atoms with E-state index in [-0.39, 0.29) is 12.1 Å². The molecule has 0 unspecified atom stereocenters. The molecule has 0 aromatic carbocycles. The van der Waals surface area contributed by atoms with Crippen LogP contribution in [-0.4, -0.2) is 35.8 Å². The molecule has 0 N–H and O–H groups in total. The van der Waals surface area contributed by atoms with Gasteiger partial charge in [0.1, 0.15) is 5.82 Å². The smallest absolute Gasteiger partial charge is 0.341 e. The summed E-state index contributed by atoms with van der Waals surface area (Å²) < 4.78 is 10.2. The van der Waals surface area contributed by atoms with Crippen LogP contribution >= 0.6 is 0 Å². The van der Waals surface area contributed by atoms with Crippen LogP contribution in [0.4, 0.5) is 0 Å². The monoisotopic (exact) mass is 238 g/mol. The van der Waals surface area contributed by atoms with Crippen molar-refractivity contribution in [2.24, 2.45) is 0 Å². The molecule has 1 heterocycles. The van der Waals surface area contributed by atoms with E-state index in [2.05, 4.69) is 9.97 Å². The van der Waals surface area contributed by atoms with Gasteiger partial charge in [0, 0.05) is 19.7 Å². The van der Waals surface area contributed by atoms with Crippen LogP contribution in [0, 0.1) is 13.8 Å². The van der Waals surface area contributed by atoms with Crippen LogP contribution in [0.1, 0.15) is 35.2 Å². The molecular formula is C12H18N2O3. The van der Waals surface area contributed by atoms with Crippen LogP contribution in [0.2, 0.25) is 0 Å². The van der Waals surface area contributed by atoms with Crippen molar-refractivity contribution in [1.82, 2.24) is 9.97 Å². The van der Waals surface area contributed by atoms with Crippen LogP contribution in [0.3, 0.4) is 0 Å². The zero-order valence-corrected chi connectivity index (χ0v) is 10.7. The number of hydrogen-bond donors (Lipinski definition) is 0. The van der Waals surface area contributed by atoms with Gasteiger partial charge < -0.3 is 9.47 Å². The van der Waals surface area contributed by atoms with Gasteiger partial charge >= 0.3 is 5.97 Å². The van der Waals surface area contributed by atoms with E-state index in [1.807, 2.05) is 6.92 Å². The highest BCUT2D eigenvalue weighted by Crippen LogP contribution is 2.06. The summed E-state index contributed by atoms with van der Waals surface area (Å²) in [5.41, 5.74) is 1.06. The minimum absolute atomic E-state index is 0.0816. The molecule has 5 heteroatoms. The summed E-state index contributed by atoms with van der Waals surface area (Å²) in [6.45, 7) is 5.81. The summed E-state index contributed by atoms with van der Waals surface area (Å²) in [4.78, 5) is 19.8. The third-order valence-electron chi connectivity index (χ3n) is 2.48. The SMILES string of the molecule is CO[C@@H](C)CCOC(=O)c1cnc(C)nc1C. The van der Waals surface area contributed by atoms with Crippen LogP contribution in [0.5, 0.6) is 0 Å². The topological polar surface area (TPSA) is 61.3 Å². The predicted molar refractivity (Wildman–Crippen MR) is 62.9 cm³/mol. The Morgan fingerprint density at radius 2 is 2.18 bits per heavy atom. The van der Waals surface area contributed by atoms with Crippen molar-refractivity contribution in [3.05, 3.63) is 23.3 Å². The number of esters is 1. The van der Waals surface area contributed by atoms with Crippen molar-refractivity contribution in [3.8, 4) is 0 Å². The molecule has 94 valence electrons. The maximum Gasteiger partial charge on any atom is 0.341 e. The van der Waals surface area contributed by atoms with Gasteiger partial charge in [-0.15, -0.1) is 0 Å². The molecule has 0 aliphatic heterocycles. The van der Waals surface area contributed by atoms with Gasteiger partial charge in [0.2, 0.25) is 0 Å². The lowest BCUT2D eigenvalue weighted by Crippen LogP contribution is -2.14. The zero-order valence-electron chi connectivity index (χ0n) is 10.7. The van der Waals surface area contributed by atoms with Crippen LogP contribution in [0.25, 0.3) is 0 Å². The summed E-state index contributed by atoms with van der Waals surface area (Å²) in [7, 11) is 1.63. The summed E-state index contributed by atoms with van der Waals surface area (Å²) in [6, 6.07) is 0. The number of hydrogen-bond acceptors (Lipinski definition) is 5. The summed E-state index contributed by atoms with van der Waals surface area (Å²) in [5.74, 6) is 0.262. The Hall–Kier alpha value is -1.49. The molecule has 0 aliphatic carbocycles. The van der Waals surface area contributed by atoms with E-state index in [1.165, 1.54) is 6.20 Å². The highest BCUT2D eigenvalue weighted by molar-refractivity contribution is 5.90. The molecule has 0 saturated carbocycles. The minimum Gasteiger partial charge on any atom is -0.462 e. The molecule has 0 bridgehead atoms. The molecule has 0 radical (unpaired) electrons. The fourth-order valence-corrected chi connectivity index (χ4v) is 1.30. The summed E-state index contributed by atoms with van der Waals surface area (Å²) in [5, 5.41) is 0. The van der Waals surface area contributed by atoms with Crippen LogP contribution in [0.15, 0.2) is 6.20 Å². The van der Waals surface area contributed by atoms with Crippen LogP contribution in [-0.2, 0) is 9.47 Å². The summed E-state index contributed by atoms with van der Waals surface area (Å²) in [6.07, 6.45) is 2.26. The van der Waals surface area contributed by atoms with Gasteiger partial charge in [0.05, 0.1) is 24.0 Å². The average Bonchev–Trinajstić information content (AvgIpc) is 2.28. The predicted octanol–water partition coefficient (Wildman–Crippen LogP) is 1.68. The quantitative estimate of drug-likeness (QED) is 0.730. The molecule has 1 rings (SSSR count). The van der Waals surface area contributed by atoms with E-state index >= 15 is 0 Å². The third-order valence-corrected chi connectivity index (χ3v) is 2.48. The average molecular weight is 238 g/mol. The van der Waals surface area contributed by atoms with Crippen molar-refractivity contribution >= 4 is 5.97 Å². The van der Waals surface area contributed by atoms with Gasteiger partial charge in [-0.2, -0.15) is 0 Å². The molecule has 17 heavy (non-hydrogen) atoms. The Labute approximate surface area is 101 Å². The van der Waals surface area contributed by atoms with Gasteiger partial charge in [-0.1, -0.05) is 0 Å². The minimum atomic E-state index is -0.384. The Balaban J connectivity index is 2.52. The molecule has 0 saturated heterocycles. The lowest BCUT2D eigenvalue weighted by molar-refractivity contribution is 0.0389. The van der Waals surface area contributed by atoms with E-state index in [1.54, 1.807) is 21.0 Å². The lowest BCUT2D eigenvalue weighted by atomic mass is 10.2. The first-order chi connectivity index (χ1) is 8.04. The zero-order chi connectivity index (χ0) is 12.8. The first kappa shape index (κ1) is 13.6. The molecular weight excluding hydrogens is 220 g/mol. The Morgan fingerprint density at radius 3 is 2.76 bits per heavy atom. The second-order valence-corrected chi connectivity index (χ2v) is 3.89. The highest BCUT2D eigenvalue weighted by Gasteiger charge is 2.12. The molecule has 0 amide bonds. The van der Waals surface area contributed by atoms with Crippen molar-refractivity contribution in [3.63, 3.8) is 0 Å². The number of rotatable bonds is 5. The van der Waals surface area contributed by atoms with Crippen molar-refractivity contribution in [1.29, 1.82) is 0 Å². The Kier molecular flexibility index (Phi) is 5.03. The fourth-order valence-electron chi connectivity index (χ4n) is 1.30. The Morgan fingerprint density at radius 1 is 1.47 bits per heavy atom. The highest BCUT2D eigenvalue weighted by atomic mass is 16.5. The third kappa shape index (κ3) is 4.11. The van der Waals surface area contributed by atoms with Gasteiger partial charge in [-0.05, 0) is 20.8 Å². The largest absolute Gasteiger partial charge is 0.462 e. The lowest BCUT2D eigenvalue weighted by Gasteiger charge is -2.10. The number of carbonyl (C=O) groups is 1. The Bertz CT molecular complexity index is 393. The molecule has 1 atom stereocenters. The van der Waals surface area contributed by atoms with E-state index in [0.717, 1.165) is 0 Å². The first-order valence-corrected chi connectivity index (χ1v) is 5.54. The number of nitrogens with zero attached hydrogens (tertiary/aromatic N) is 2. The molecule has 0 aliphatic rings. The number of methoxy groups -OCH3 is 1. The second kappa shape index (κ2) is 6.30. The second-order valence-electron chi connectivity index (χ2n) is 3.89. The normalized spacial score (nSPS) is 12.2. The van der Waals surface area contributed by atoms with Crippen molar-refractivity contribution in [2.45, 2.75) is 33.3 Å². The van der Waals surface area contributed by atoms with Crippen molar-refractivity contribution < 1.29 is 14.3 Å². The van der Waals surface area contributed by atoms with Gasteiger partial charge in [0.25, 0.3) is 0 Å². The molecule has 5 nitrogen and oxygen atoms in total. The van der Waals surface area contributed by atoms with Gasteiger partial charge in [-0.3, -0.25) is 0 Å². The maximum absolute atomic E-state index is 11.7. The molecule has 0 fully saturated rings. The first-order valence-electron chi connectivity index (χ1n) is 5.54. The standard InChI is InChI=1S/C12H18N2O3/c1-8(16-4)5-6-17-12(15)11-7-13-10(3)14-9(11)2/h7-8H,5-6H2,1-4H3/t8-/m0/s1. The van der Waals surface area contributed by atoms with Gasteiger partial charge in [0.15, 0.2) is 0 Å². The molecule has 1 aromatic heterocycles. The van der Waals surface area contributed by atoms with E-state index in [0.29, 0.717) is 30.1 Å². The maximum atomic E-state index is 11.7.